The third kappa shape index (κ3) is 2.71. The highest BCUT2D eigenvalue weighted by Crippen LogP contribution is 2.20. The monoisotopic (exact) mass is 313 g/mol. The summed E-state index contributed by atoms with van der Waals surface area (Å²) in [6.07, 6.45) is 0. The van der Waals surface area contributed by atoms with Gasteiger partial charge in [0.1, 0.15) is 0 Å². The summed E-state index contributed by atoms with van der Waals surface area (Å²) in [5, 5.41) is 3.75. The van der Waals surface area contributed by atoms with Crippen LogP contribution in [0.25, 0.3) is 10.9 Å². The van der Waals surface area contributed by atoms with Crippen LogP contribution in [-0.2, 0) is 0 Å². The van der Waals surface area contributed by atoms with Gasteiger partial charge in [-0.15, -0.1) is 0 Å². The Morgan fingerprint density at radius 3 is 2.77 bits per heavy atom. The number of aryl methyl sites for hydroxylation is 1. The molecule has 1 amide bonds. The first-order valence-corrected chi connectivity index (χ1v) is 6.99. The zero-order chi connectivity index (χ0) is 15.7. The molecular formula is C16H12ClN3O2. The van der Waals surface area contributed by atoms with Crippen LogP contribution in [-0.4, -0.2) is 15.9 Å². The maximum atomic E-state index is 12.3. The second-order valence-corrected chi connectivity index (χ2v) is 5.28. The zero-order valence-electron chi connectivity index (χ0n) is 11.7. The summed E-state index contributed by atoms with van der Waals surface area (Å²) < 4.78 is 0. The molecule has 1 heterocycles. The number of aromatic amines is 1. The molecule has 3 aromatic rings. The van der Waals surface area contributed by atoms with E-state index in [-0.39, 0.29) is 11.4 Å². The fraction of sp³-hybridized carbons (Fsp3) is 0.0625. The van der Waals surface area contributed by atoms with Gasteiger partial charge in [-0.2, -0.15) is 0 Å². The third-order valence-corrected chi connectivity index (χ3v) is 3.50. The zero-order valence-corrected chi connectivity index (χ0v) is 12.4. The van der Waals surface area contributed by atoms with Gasteiger partial charge in [0.15, 0.2) is 5.82 Å². The van der Waals surface area contributed by atoms with E-state index in [1.165, 1.54) is 0 Å². The highest BCUT2D eigenvalue weighted by Gasteiger charge is 2.12. The number of carbonyl (C=O) groups excluding carboxylic acids is 1. The maximum absolute atomic E-state index is 12.3. The van der Waals surface area contributed by atoms with Crippen LogP contribution in [0.3, 0.4) is 0 Å². The van der Waals surface area contributed by atoms with Crippen LogP contribution in [0.2, 0.25) is 5.02 Å². The molecule has 0 spiro atoms. The average Bonchev–Trinajstić information content (AvgIpc) is 2.50. The Balaban J connectivity index is 1.97. The molecule has 0 saturated carbocycles. The molecule has 0 radical (unpaired) electrons. The van der Waals surface area contributed by atoms with E-state index in [9.17, 15) is 9.59 Å². The number of nitrogens with one attached hydrogen (secondary N) is 2. The van der Waals surface area contributed by atoms with Crippen LogP contribution in [0, 0.1) is 6.92 Å². The lowest BCUT2D eigenvalue weighted by atomic mass is 10.2. The van der Waals surface area contributed by atoms with Gasteiger partial charge in [-0.1, -0.05) is 23.7 Å². The second-order valence-electron chi connectivity index (χ2n) is 4.85. The van der Waals surface area contributed by atoms with Crippen LogP contribution in [0.4, 0.5) is 5.69 Å². The Kier molecular flexibility index (Phi) is 3.65. The first kappa shape index (κ1) is 14.3. The molecule has 0 aliphatic rings. The van der Waals surface area contributed by atoms with Gasteiger partial charge in [0, 0.05) is 10.7 Å². The summed E-state index contributed by atoms with van der Waals surface area (Å²) in [5.74, 6) is -0.508. The lowest BCUT2D eigenvalue weighted by Crippen LogP contribution is -2.21. The largest absolute Gasteiger partial charge is 0.319 e. The first-order valence-electron chi connectivity index (χ1n) is 6.61. The molecule has 110 valence electrons. The van der Waals surface area contributed by atoms with E-state index in [4.69, 9.17) is 11.6 Å². The Bertz CT molecular complexity index is 934. The lowest BCUT2D eigenvalue weighted by molar-refractivity contribution is 0.101. The molecule has 2 aromatic carbocycles. The first-order chi connectivity index (χ1) is 10.5. The summed E-state index contributed by atoms with van der Waals surface area (Å²) in [6, 6.07) is 12.0. The number of aromatic nitrogens is 2. The summed E-state index contributed by atoms with van der Waals surface area (Å²) in [7, 11) is 0. The van der Waals surface area contributed by atoms with E-state index >= 15 is 0 Å². The molecule has 2 N–H and O–H groups in total. The van der Waals surface area contributed by atoms with E-state index in [1.54, 1.807) is 42.5 Å². The topological polar surface area (TPSA) is 74.8 Å². The Morgan fingerprint density at radius 2 is 2.00 bits per heavy atom. The molecule has 6 heteroatoms. The molecule has 5 nitrogen and oxygen atoms in total. The van der Waals surface area contributed by atoms with Gasteiger partial charge in [-0.05, 0) is 42.8 Å². The van der Waals surface area contributed by atoms with Gasteiger partial charge >= 0.3 is 0 Å². The van der Waals surface area contributed by atoms with Gasteiger partial charge in [0.05, 0.1) is 10.9 Å². The number of anilines is 1. The molecule has 0 aliphatic heterocycles. The molecule has 0 unspecified atom stereocenters. The van der Waals surface area contributed by atoms with Gasteiger partial charge < -0.3 is 10.3 Å². The fourth-order valence-electron chi connectivity index (χ4n) is 2.14. The minimum atomic E-state index is -0.478. The number of amides is 1. The van der Waals surface area contributed by atoms with E-state index in [1.807, 2.05) is 6.92 Å². The van der Waals surface area contributed by atoms with Crippen molar-refractivity contribution in [1.29, 1.82) is 0 Å². The molecule has 1 aromatic heterocycles. The third-order valence-electron chi connectivity index (χ3n) is 3.26. The van der Waals surface area contributed by atoms with Crippen LogP contribution in [0.15, 0.2) is 47.3 Å². The van der Waals surface area contributed by atoms with Crippen LogP contribution < -0.4 is 10.9 Å². The van der Waals surface area contributed by atoms with Gasteiger partial charge in [-0.3, -0.25) is 9.59 Å². The van der Waals surface area contributed by atoms with Crippen molar-refractivity contribution in [2.75, 3.05) is 5.32 Å². The molecule has 3 rings (SSSR count). The van der Waals surface area contributed by atoms with Crippen molar-refractivity contribution in [2.45, 2.75) is 6.92 Å². The van der Waals surface area contributed by atoms with Crippen LogP contribution in [0.1, 0.15) is 16.2 Å². The SMILES string of the molecule is Cc1cc(Cl)ccc1NC(=O)c1nc2ccccc2c(=O)[nH]1. The summed E-state index contributed by atoms with van der Waals surface area (Å²) in [6.45, 7) is 1.83. The molecule has 22 heavy (non-hydrogen) atoms. The number of hydrogen-bond donors (Lipinski definition) is 2. The van der Waals surface area contributed by atoms with Crippen molar-refractivity contribution in [1.82, 2.24) is 9.97 Å². The van der Waals surface area contributed by atoms with E-state index in [0.29, 0.717) is 21.6 Å². The smallest absolute Gasteiger partial charge is 0.291 e. The molecule has 0 atom stereocenters. The van der Waals surface area contributed by atoms with Crippen molar-refractivity contribution in [3.63, 3.8) is 0 Å². The number of carbonyl (C=O) groups is 1. The maximum Gasteiger partial charge on any atom is 0.291 e. The summed E-state index contributed by atoms with van der Waals surface area (Å²) >= 11 is 5.88. The normalized spacial score (nSPS) is 10.6. The van der Waals surface area contributed by atoms with E-state index in [2.05, 4.69) is 15.3 Å². The molecule has 0 fully saturated rings. The Labute approximate surface area is 131 Å². The summed E-state index contributed by atoms with van der Waals surface area (Å²) in [4.78, 5) is 30.9. The van der Waals surface area contributed by atoms with E-state index < -0.39 is 5.91 Å². The average molecular weight is 314 g/mol. The number of nitrogens with zero attached hydrogens (tertiary/aromatic N) is 1. The van der Waals surface area contributed by atoms with E-state index in [0.717, 1.165) is 5.56 Å². The minimum absolute atomic E-state index is 0.0296. The number of fused-ring (bicyclic) bond motifs is 1. The quantitative estimate of drug-likeness (QED) is 0.763. The Morgan fingerprint density at radius 1 is 1.23 bits per heavy atom. The molecule has 0 saturated heterocycles. The van der Waals surface area contributed by atoms with Gasteiger partial charge in [-0.25, -0.2) is 4.98 Å². The summed E-state index contributed by atoms with van der Waals surface area (Å²) in [5.41, 5.74) is 1.57. The minimum Gasteiger partial charge on any atom is -0.319 e. The van der Waals surface area contributed by atoms with Gasteiger partial charge in [0.25, 0.3) is 11.5 Å². The predicted octanol–water partition coefficient (Wildman–Crippen LogP) is 3.14. The lowest BCUT2D eigenvalue weighted by Gasteiger charge is -2.08. The molecule has 0 aliphatic carbocycles. The van der Waals surface area contributed by atoms with Crippen molar-refractivity contribution >= 4 is 34.1 Å². The molecule has 0 bridgehead atoms. The van der Waals surface area contributed by atoms with Crippen molar-refractivity contribution in [2.24, 2.45) is 0 Å². The number of para-hydroxylation sites is 1. The highest BCUT2D eigenvalue weighted by atomic mass is 35.5. The fourth-order valence-corrected chi connectivity index (χ4v) is 2.37. The van der Waals surface area contributed by atoms with Crippen molar-refractivity contribution < 1.29 is 4.79 Å². The second kappa shape index (κ2) is 5.61. The Hall–Kier alpha value is -2.66. The van der Waals surface area contributed by atoms with Crippen LogP contribution >= 0.6 is 11.6 Å². The highest BCUT2D eigenvalue weighted by molar-refractivity contribution is 6.30. The number of benzene rings is 2. The number of hydrogen-bond acceptors (Lipinski definition) is 3. The van der Waals surface area contributed by atoms with Crippen LogP contribution in [0.5, 0.6) is 0 Å². The number of H-pyrrole nitrogens is 1. The van der Waals surface area contributed by atoms with Gasteiger partial charge in [0.2, 0.25) is 0 Å². The van der Waals surface area contributed by atoms with Crippen molar-refractivity contribution in [3.8, 4) is 0 Å². The number of halogens is 1. The molecular weight excluding hydrogens is 302 g/mol. The predicted molar refractivity (Wildman–Crippen MR) is 86.5 cm³/mol. The standard InChI is InChI=1S/C16H12ClN3O2/c1-9-8-10(17)6-7-12(9)19-16(22)14-18-13-5-3-2-4-11(13)15(21)20-14/h2-8H,1H3,(H,19,22)(H,18,20,21). The van der Waals surface area contributed by atoms with Crippen molar-refractivity contribution in [3.05, 3.63) is 69.2 Å². The number of rotatable bonds is 2.